The molecule has 0 aromatic heterocycles. The van der Waals surface area contributed by atoms with Gasteiger partial charge in [-0.05, 0) is 12.8 Å². The van der Waals surface area contributed by atoms with E-state index in [1.165, 1.54) is 0 Å². The highest BCUT2D eigenvalue weighted by Crippen LogP contribution is 2.12. The molecular formula is C13H23N3O3. The molecule has 0 atom stereocenters. The van der Waals surface area contributed by atoms with Gasteiger partial charge < -0.3 is 4.90 Å². The monoisotopic (exact) mass is 269 g/mol. The fraction of sp³-hybridized carbons (Fsp3) is 0.769. The minimum Gasteiger partial charge on any atom is -0.333 e. The Morgan fingerprint density at radius 3 is 2.47 bits per heavy atom. The Morgan fingerprint density at radius 2 is 1.84 bits per heavy atom. The normalized spacial score (nSPS) is 16.8. The highest BCUT2D eigenvalue weighted by molar-refractivity contribution is 5.88. The van der Waals surface area contributed by atoms with Crippen molar-refractivity contribution in [3.8, 4) is 0 Å². The fourth-order valence-electron chi connectivity index (χ4n) is 1.73. The number of carbonyl (C=O) groups excluding carboxylic acids is 3. The molecule has 1 rings (SSSR count). The number of nitrogens with zero attached hydrogens (tertiary/aromatic N) is 1. The minimum atomic E-state index is -0.564. The van der Waals surface area contributed by atoms with Crippen LogP contribution < -0.4 is 10.9 Å². The number of hydrogen-bond acceptors (Lipinski definition) is 3. The Balaban J connectivity index is 2.38. The molecule has 0 spiro atoms. The zero-order valence-corrected chi connectivity index (χ0v) is 11.9. The third-order valence-corrected chi connectivity index (χ3v) is 3.00. The maximum atomic E-state index is 11.7. The van der Waals surface area contributed by atoms with E-state index in [-0.39, 0.29) is 24.3 Å². The first-order valence-corrected chi connectivity index (χ1v) is 6.68. The van der Waals surface area contributed by atoms with Gasteiger partial charge in [-0.3, -0.25) is 25.2 Å². The highest BCUT2D eigenvalue weighted by atomic mass is 16.2. The van der Waals surface area contributed by atoms with Gasteiger partial charge in [-0.2, -0.15) is 0 Å². The summed E-state index contributed by atoms with van der Waals surface area (Å²) in [7, 11) is 0. The van der Waals surface area contributed by atoms with Crippen molar-refractivity contribution in [2.75, 3.05) is 13.1 Å². The van der Waals surface area contributed by atoms with Crippen molar-refractivity contribution in [2.45, 2.75) is 46.5 Å². The minimum absolute atomic E-state index is 0.00323. The standard InChI is InChI=1S/C13H23N3O3/c1-13(2,3)12(19)15-14-10(17)9-16-8-6-4-5-7-11(16)18/h4-9H2,1-3H3,(H,14,17)(H,15,19). The number of rotatable bonds is 2. The van der Waals surface area contributed by atoms with Gasteiger partial charge in [0.15, 0.2) is 0 Å². The first-order chi connectivity index (χ1) is 8.80. The molecule has 0 bridgehead atoms. The van der Waals surface area contributed by atoms with E-state index in [2.05, 4.69) is 10.9 Å². The Hall–Kier alpha value is -1.59. The van der Waals surface area contributed by atoms with Crippen LogP contribution >= 0.6 is 0 Å². The third-order valence-electron chi connectivity index (χ3n) is 3.00. The van der Waals surface area contributed by atoms with Gasteiger partial charge in [-0.1, -0.05) is 27.2 Å². The van der Waals surface area contributed by atoms with Crippen LogP contribution in [-0.2, 0) is 14.4 Å². The van der Waals surface area contributed by atoms with Crippen LogP contribution in [-0.4, -0.2) is 35.7 Å². The van der Waals surface area contributed by atoms with E-state index in [4.69, 9.17) is 0 Å². The van der Waals surface area contributed by atoms with Crippen LogP contribution in [0, 0.1) is 5.41 Å². The van der Waals surface area contributed by atoms with Crippen LogP contribution in [0.5, 0.6) is 0 Å². The number of hydrogen-bond donors (Lipinski definition) is 2. The Labute approximate surface area is 113 Å². The summed E-state index contributed by atoms with van der Waals surface area (Å²) in [5.74, 6) is -0.620. The van der Waals surface area contributed by atoms with E-state index >= 15 is 0 Å². The lowest BCUT2D eigenvalue weighted by Crippen LogP contribution is -2.50. The lowest BCUT2D eigenvalue weighted by Gasteiger charge is -2.21. The van der Waals surface area contributed by atoms with Crippen molar-refractivity contribution < 1.29 is 14.4 Å². The average Bonchev–Trinajstić information content (AvgIpc) is 2.51. The zero-order valence-electron chi connectivity index (χ0n) is 11.9. The van der Waals surface area contributed by atoms with Crippen LogP contribution in [0.3, 0.4) is 0 Å². The SMILES string of the molecule is CC(C)(C)C(=O)NNC(=O)CN1CCCCCC1=O. The summed E-state index contributed by atoms with van der Waals surface area (Å²) in [6.45, 7) is 5.88. The first kappa shape index (κ1) is 15.5. The predicted octanol–water partition coefficient (Wildman–Crippen LogP) is 0.583. The quantitative estimate of drug-likeness (QED) is 0.720. The largest absolute Gasteiger partial charge is 0.333 e. The van der Waals surface area contributed by atoms with Gasteiger partial charge in [0.25, 0.3) is 5.91 Å². The van der Waals surface area contributed by atoms with E-state index in [1.807, 2.05) is 0 Å². The maximum absolute atomic E-state index is 11.7. The summed E-state index contributed by atoms with van der Waals surface area (Å²) in [6.07, 6.45) is 3.33. The van der Waals surface area contributed by atoms with Gasteiger partial charge in [-0.25, -0.2) is 0 Å². The van der Waals surface area contributed by atoms with Crippen LogP contribution in [0.2, 0.25) is 0 Å². The predicted molar refractivity (Wildman–Crippen MR) is 70.8 cm³/mol. The summed E-state index contributed by atoms with van der Waals surface area (Å²) in [4.78, 5) is 36.5. The zero-order chi connectivity index (χ0) is 14.5. The first-order valence-electron chi connectivity index (χ1n) is 6.68. The number of carbonyl (C=O) groups is 3. The van der Waals surface area contributed by atoms with Gasteiger partial charge in [-0.15, -0.1) is 0 Å². The average molecular weight is 269 g/mol. The molecule has 0 aromatic rings. The molecular weight excluding hydrogens is 246 g/mol. The summed E-state index contributed by atoms with van der Waals surface area (Å²) >= 11 is 0. The number of amides is 3. The van der Waals surface area contributed by atoms with Gasteiger partial charge in [0.2, 0.25) is 11.8 Å². The lowest BCUT2D eigenvalue weighted by atomic mass is 9.96. The number of hydrazine groups is 1. The molecule has 108 valence electrons. The summed E-state index contributed by atoms with van der Waals surface area (Å²) in [6, 6.07) is 0. The second kappa shape index (κ2) is 6.54. The summed E-state index contributed by atoms with van der Waals surface area (Å²) in [5.41, 5.74) is 4.15. The molecule has 1 fully saturated rings. The molecule has 0 unspecified atom stereocenters. The van der Waals surface area contributed by atoms with E-state index in [9.17, 15) is 14.4 Å². The molecule has 6 heteroatoms. The molecule has 0 aromatic carbocycles. The van der Waals surface area contributed by atoms with E-state index in [0.717, 1.165) is 19.3 Å². The Kier molecular flexibility index (Phi) is 5.32. The van der Waals surface area contributed by atoms with Crippen molar-refractivity contribution in [3.63, 3.8) is 0 Å². The Bertz CT molecular complexity index is 361. The molecule has 0 radical (unpaired) electrons. The molecule has 1 aliphatic rings. The van der Waals surface area contributed by atoms with Crippen LogP contribution in [0.1, 0.15) is 46.5 Å². The van der Waals surface area contributed by atoms with E-state index in [1.54, 1.807) is 25.7 Å². The topological polar surface area (TPSA) is 78.5 Å². The molecule has 0 saturated carbocycles. The molecule has 1 aliphatic heterocycles. The van der Waals surface area contributed by atoms with Gasteiger partial charge in [0.05, 0.1) is 0 Å². The smallest absolute Gasteiger partial charge is 0.257 e. The van der Waals surface area contributed by atoms with Gasteiger partial charge in [0.1, 0.15) is 6.54 Å². The van der Waals surface area contributed by atoms with Crippen LogP contribution in [0.4, 0.5) is 0 Å². The number of likely N-dealkylation sites (tertiary alicyclic amines) is 1. The van der Waals surface area contributed by atoms with Crippen LogP contribution in [0.25, 0.3) is 0 Å². The van der Waals surface area contributed by atoms with Crippen molar-refractivity contribution in [2.24, 2.45) is 5.41 Å². The van der Waals surface area contributed by atoms with E-state index < -0.39 is 5.41 Å². The third kappa shape index (κ3) is 5.28. The molecule has 19 heavy (non-hydrogen) atoms. The van der Waals surface area contributed by atoms with E-state index in [0.29, 0.717) is 13.0 Å². The van der Waals surface area contributed by atoms with Crippen molar-refractivity contribution in [1.29, 1.82) is 0 Å². The second-order valence-electron chi connectivity index (χ2n) is 5.88. The fourth-order valence-corrected chi connectivity index (χ4v) is 1.73. The maximum Gasteiger partial charge on any atom is 0.257 e. The molecule has 6 nitrogen and oxygen atoms in total. The van der Waals surface area contributed by atoms with Gasteiger partial charge in [0, 0.05) is 18.4 Å². The molecule has 2 N–H and O–H groups in total. The lowest BCUT2D eigenvalue weighted by molar-refractivity contribution is -0.137. The van der Waals surface area contributed by atoms with Crippen molar-refractivity contribution >= 4 is 17.7 Å². The summed E-state index contributed by atoms with van der Waals surface area (Å²) < 4.78 is 0. The number of nitrogens with one attached hydrogen (secondary N) is 2. The summed E-state index contributed by atoms with van der Waals surface area (Å²) in [5, 5.41) is 0. The van der Waals surface area contributed by atoms with Gasteiger partial charge >= 0.3 is 0 Å². The second-order valence-corrected chi connectivity index (χ2v) is 5.88. The highest BCUT2D eigenvalue weighted by Gasteiger charge is 2.23. The molecule has 1 heterocycles. The molecule has 0 aliphatic carbocycles. The van der Waals surface area contributed by atoms with Crippen molar-refractivity contribution in [1.82, 2.24) is 15.8 Å². The molecule has 3 amide bonds. The molecule has 1 saturated heterocycles. The Morgan fingerprint density at radius 1 is 1.16 bits per heavy atom. The van der Waals surface area contributed by atoms with Crippen LogP contribution in [0.15, 0.2) is 0 Å². The van der Waals surface area contributed by atoms with Crippen molar-refractivity contribution in [3.05, 3.63) is 0 Å².